The minimum atomic E-state index is -0.752. The number of fused-ring (bicyclic) bond motifs is 1. The zero-order chi connectivity index (χ0) is 24.6. The van der Waals surface area contributed by atoms with E-state index < -0.39 is 17.4 Å². The molecule has 0 spiro atoms. The molecule has 35 heavy (non-hydrogen) atoms. The summed E-state index contributed by atoms with van der Waals surface area (Å²) in [7, 11) is 1.65. The maximum atomic E-state index is 13.6. The van der Waals surface area contributed by atoms with E-state index in [1.54, 1.807) is 7.11 Å². The first-order valence-corrected chi connectivity index (χ1v) is 11.6. The molecule has 1 N–H and O–H groups in total. The number of halogens is 2. The van der Waals surface area contributed by atoms with Crippen LogP contribution in [-0.4, -0.2) is 30.7 Å². The highest BCUT2D eigenvalue weighted by Gasteiger charge is 2.12. The van der Waals surface area contributed by atoms with E-state index in [2.05, 4.69) is 34.3 Å². The standard InChI is InChI=1S/C28H28F2N2O3/c1-34-22-12-13-26-23(17-22)21(19-32(26)18-20-7-3-2-4-8-20)14-15-31-27(33)11-6-16-35-28-24(29)9-5-10-25(28)30/h2-5,7-10,12-13,17,19H,6,11,14-16,18H2,1H3,(H,31,33). The van der Waals surface area contributed by atoms with Crippen LogP contribution in [0.2, 0.25) is 0 Å². The molecule has 1 aromatic heterocycles. The number of ether oxygens (including phenoxy) is 2. The Morgan fingerprint density at radius 2 is 1.77 bits per heavy atom. The van der Waals surface area contributed by atoms with E-state index in [4.69, 9.17) is 9.47 Å². The van der Waals surface area contributed by atoms with Crippen LogP contribution in [0.4, 0.5) is 8.78 Å². The number of hydrogen-bond donors (Lipinski definition) is 1. The van der Waals surface area contributed by atoms with E-state index in [9.17, 15) is 13.6 Å². The number of benzene rings is 3. The predicted octanol–water partition coefficient (Wildman–Crippen LogP) is 5.49. The van der Waals surface area contributed by atoms with Gasteiger partial charge in [-0.1, -0.05) is 36.4 Å². The van der Waals surface area contributed by atoms with Crippen molar-refractivity contribution in [1.29, 1.82) is 0 Å². The smallest absolute Gasteiger partial charge is 0.220 e. The Bertz CT molecular complexity index is 1270. The Hall–Kier alpha value is -3.87. The zero-order valence-electron chi connectivity index (χ0n) is 19.6. The van der Waals surface area contributed by atoms with Crippen LogP contribution in [0, 0.1) is 11.6 Å². The van der Waals surface area contributed by atoms with E-state index in [-0.39, 0.29) is 18.9 Å². The van der Waals surface area contributed by atoms with Gasteiger partial charge in [0.05, 0.1) is 13.7 Å². The number of rotatable bonds is 11. The molecule has 4 rings (SSSR count). The first-order valence-electron chi connectivity index (χ1n) is 11.6. The average Bonchev–Trinajstić information content (AvgIpc) is 3.20. The molecule has 0 fully saturated rings. The van der Waals surface area contributed by atoms with Crippen molar-refractivity contribution >= 4 is 16.8 Å². The summed E-state index contributed by atoms with van der Waals surface area (Å²) < 4.78 is 40.0. The predicted molar refractivity (Wildman–Crippen MR) is 132 cm³/mol. The third kappa shape index (κ3) is 6.18. The number of hydrogen-bond acceptors (Lipinski definition) is 3. The van der Waals surface area contributed by atoms with Crippen LogP contribution in [0.5, 0.6) is 11.5 Å². The normalized spacial score (nSPS) is 10.9. The monoisotopic (exact) mass is 478 g/mol. The molecule has 0 bridgehead atoms. The van der Waals surface area contributed by atoms with E-state index in [0.717, 1.165) is 40.9 Å². The van der Waals surface area contributed by atoms with Crippen molar-refractivity contribution in [2.24, 2.45) is 0 Å². The molecule has 0 radical (unpaired) electrons. The van der Waals surface area contributed by atoms with Crippen molar-refractivity contribution in [3.8, 4) is 11.5 Å². The van der Waals surface area contributed by atoms with Gasteiger partial charge in [0.15, 0.2) is 17.4 Å². The van der Waals surface area contributed by atoms with Crippen LogP contribution in [0.1, 0.15) is 24.0 Å². The second kappa shape index (κ2) is 11.5. The minimum absolute atomic E-state index is 0.0536. The van der Waals surface area contributed by atoms with Crippen molar-refractivity contribution in [1.82, 2.24) is 9.88 Å². The minimum Gasteiger partial charge on any atom is -0.497 e. The van der Waals surface area contributed by atoms with Gasteiger partial charge in [-0.3, -0.25) is 4.79 Å². The van der Waals surface area contributed by atoms with Crippen LogP contribution in [0.15, 0.2) is 72.9 Å². The molecule has 3 aromatic carbocycles. The quantitative estimate of drug-likeness (QED) is 0.290. The second-order valence-corrected chi connectivity index (χ2v) is 8.25. The lowest BCUT2D eigenvalue weighted by atomic mass is 10.1. The summed E-state index contributed by atoms with van der Waals surface area (Å²) in [5.74, 6) is -1.26. The highest BCUT2D eigenvalue weighted by atomic mass is 19.1. The lowest BCUT2D eigenvalue weighted by Gasteiger charge is -2.08. The number of carbonyl (C=O) groups excluding carboxylic acids is 1. The number of nitrogens with one attached hydrogen (secondary N) is 1. The van der Waals surface area contributed by atoms with Gasteiger partial charge in [0, 0.05) is 36.6 Å². The summed E-state index contributed by atoms with van der Waals surface area (Å²) in [5, 5.41) is 4.01. The van der Waals surface area contributed by atoms with Gasteiger partial charge in [0.2, 0.25) is 5.91 Å². The molecule has 0 aliphatic heterocycles. The summed E-state index contributed by atoms with van der Waals surface area (Å²) >= 11 is 0. The molecular formula is C28H28F2N2O3. The van der Waals surface area contributed by atoms with Crippen LogP contribution in [0.3, 0.4) is 0 Å². The van der Waals surface area contributed by atoms with Crippen molar-refractivity contribution in [3.63, 3.8) is 0 Å². The Morgan fingerprint density at radius 3 is 2.51 bits per heavy atom. The lowest BCUT2D eigenvalue weighted by molar-refractivity contribution is -0.121. The molecule has 4 aromatic rings. The fourth-order valence-electron chi connectivity index (χ4n) is 4.04. The van der Waals surface area contributed by atoms with Gasteiger partial charge in [-0.2, -0.15) is 0 Å². The van der Waals surface area contributed by atoms with E-state index in [1.165, 1.54) is 11.6 Å². The van der Waals surface area contributed by atoms with Crippen molar-refractivity contribution in [2.45, 2.75) is 25.8 Å². The second-order valence-electron chi connectivity index (χ2n) is 8.25. The summed E-state index contributed by atoms with van der Waals surface area (Å²) in [4.78, 5) is 12.2. The van der Waals surface area contributed by atoms with Crippen molar-refractivity contribution in [2.75, 3.05) is 20.3 Å². The molecule has 7 heteroatoms. The van der Waals surface area contributed by atoms with Crippen molar-refractivity contribution in [3.05, 3.63) is 95.7 Å². The van der Waals surface area contributed by atoms with E-state index in [0.29, 0.717) is 19.4 Å². The van der Waals surface area contributed by atoms with Gasteiger partial charge in [0.25, 0.3) is 0 Å². The molecule has 0 unspecified atom stereocenters. The molecule has 182 valence electrons. The number of carbonyl (C=O) groups is 1. The molecule has 0 atom stereocenters. The Balaban J connectivity index is 1.32. The maximum absolute atomic E-state index is 13.6. The summed E-state index contributed by atoms with van der Waals surface area (Å²) in [6.07, 6.45) is 3.35. The van der Waals surface area contributed by atoms with E-state index >= 15 is 0 Å². The molecular weight excluding hydrogens is 450 g/mol. The molecule has 1 heterocycles. The largest absolute Gasteiger partial charge is 0.497 e. The van der Waals surface area contributed by atoms with Crippen LogP contribution >= 0.6 is 0 Å². The highest BCUT2D eigenvalue weighted by molar-refractivity contribution is 5.85. The van der Waals surface area contributed by atoms with Crippen LogP contribution in [0.25, 0.3) is 10.9 Å². The number of amides is 1. The lowest BCUT2D eigenvalue weighted by Crippen LogP contribution is -2.25. The van der Waals surface area contributed by atoms with Crippen LogP contribution in [-0.2, 0) is 17.8 Å². The van der Waals surface area contributed by atoms with Gasteiger partial charge in [0.1, 0.15) is 5.75 Å². The van der Waals surface area contributed by atoms with Gasteiger partial charge in [-0.05, 0) is 54.3 Å². The Kier molecular flexibility index (Phi) is 7.98. The molecule has 1 amide bonds. The molecule has 5 nitrogen and oxygen atoms in total. The van der Waals surface area contributed by atoms with Gasteiger partial charge in [-0.15, -0.1) is 0 Å². The maximum Gasteiger partial charge on any atom is 0.220 e. The van der Waals surface area contributed by atoms with Crippen LogP contribution < -0.4 is 14.8 Å². The number of para-hydroxylation sites is 1. The molecule has 0 saturated heterocycles. The first-order chi connectivity index (χ1) is 17.0. The molecule has 0 saturated carbocycles. The number of methoxy groups -OCH3 is 1. The van der Waals surface area contributed by atoms with E-state index in [1.807, 2.05) is 30.3 Å². The number of aromatic nitrogens is 1. The fourth-order valence-corrected chi connectivity index (χ4v) is 4.04. The summed E-state index contributed by atoms with van der Waals surface area (Å²) in [6, 6.07) is 19.8. The van der Waals surface area contributed by atoms with Gasteiger partial charge >= 0.3 is 0 Å². The third-order valence-electron chi connectivity index (χ3n) is 5.80. The molecule has 0 aliphatic carbocycles. The SMILES string of the molecule is COc1ccc2c(c1)c(CCNC(=O)CCCOc1c(F)cccc1F)cn2Cc1ccccc1. The Morgan fingerprint density at radius 1 is 1.00 bits per heavy atom. The Labute approximate surface area is 203 Å². The topological polar surface area (TPSA) is 52.5 Å². The first kappa shape index (κ1) is 24.3. The number of nitrogens with zero attached hydrogens (tertiary/aromatic N) is 1. The molecule has 0 aliphatic rings. The highest BCUT2D eigenvalue weighted by Crippen LogP contribution is 2.27. The van der Waals surface area contributed by atoms with Gasteiger partial charge < -0.3 is 19.4 Å². The summed E-state index contributed by atoms with van der Waals surface area (Å²) in [5.41, 5.74) is 3.43. The zero-order valence-corrected chi connectivity index (χ0v) is 19.6. The fraction of sp³-hybridized carbons (Fsp3) is 0.250. The third-order valence-corrected chi connectivity index (χ3v) is 5.80. The van der Waals surface area contributed by atoms with Crippen molar-refractivity contribution < 1.29 is 23.0 Å². The van der Waals surface area contributed by atoms with Gasteiger partial charge in [-0.25, -0.2) is 8.78 Å². The average molecular weight is 479 g/mol. The summed E-state index contributed by atoms with van der Waals surface area (Å²) in [6.45, 7) is 1.28.